The van der Waals surface area contributed by atoms with Crippen LogP contribution in [0, 0.1) is 0 Å². The van der Waals surface area contributed by atoms with Crippen molar-refractivity contribution in [3.63, 3.8) is 0 Å². The fourth-order valence-electron chi connectivity index (χ4n) is 25.0. The molecule has 134 heavy (non-hydrogen) atoms. The number of aromatic nitrogens is 3. The van der Waals surface area contributed by atoms with Crippen molar-refractivity contribution < 1.29 is 0 Å². The lowest BCUT2D eigenvalue weighted by atomic mass is 9.70. The number of fused-ring (bicyclic) bond motifs is 34. The maximum atomic E-state index is 5.23. The van der Waals surface area contributed by atoms with Crippen LogP contribution in [-0.4, -0.2) is 13.3 Å². The van der Waals surface area contributed by atoms with E-state index in [4.69, 9.17) is 8.75 Å². The summed E-state index contributed by atoms with van der Waals surface area (Å²) in [6.45, 7) is 0. The summed E-state index contributed by atoms with van der Waals surface area (Å²) in [5, 5.41) is 2.36. The normalized spacial score (nSPS) is 13.7. The molecular formula is C129H78N4S. The van der Waals surface area contributed by atoms with Gasteiger partial charge in [-0.25, -0.2) is 0 Å². The zero-order chi connectivity index (χ0) is 87.6. The molecule has 2 heterocycles. The molecule has 0 fully saturated rings. The van der Waals surface area contributed by atoms with Gasteiger partial charge >= 0.3 is 0 Å². The van der Waals surface area contributed by atoms with Gasteiger partial charge in [0.05, 0.1) is 44.7 Å². The van der Waals surface area contributed by atoms with Crippen LogP contribution in [0.3, 0.4) is 0 Å². The van der Waals surface area contributed by atoms with Gasteiger partial charge in [0.25, 0.3) is 0 Å². The molecule has 2 aromatic heterocycles. The van der Waals surface area contributed by atoms with E-state index in [1.165, 1.54) is 189 Å². The molecule has 4 nitrogen and oxygen atoms in total. The van der Waals surface area contributed by atoms with Crippen molar-refractivity contribution in [2.75, 3.05) is 4.90 Å². The van der Waals surface area contributed by atoms with Crippen LogP contribution >= 0.6 is 11.7 Å². The van der Waals surface area contributed by atoms with Crippen LogP contribution in [0.2, 0.25) is 0 Å². The maximum absolute atomic E-state index is 5.23. The molecule has 0 radical (unpaired) electrons. The minimum atomic E-state index is -0.439. The van der Waals surface area contributed by atoms with Crippen LogP contribution in [0.15, 0.2) is 473 Å². The SMILES string of the molecule is c1ccc(-c2ccc(N(c3ccc(-c4cccc5c4-c4ccccc4C54c5ccccc5-c5ccccc54)cc3)c3ccc(-c4ccc(-n5c6ccc(-c7ccc(-c8ccc9c(c8)C8(c%10ccccc%10-c%10ccccc%108)c8ccccc8-9)cc7)cc6c6cc(-c7ccc(-c8ccc9c(c8)C8(c%10ccccc%10-c%10ccccc%108)c8ccccc8-9)cc7)ccc65)cc4)c4nsnc34)cc2)cc1. The van der Waals surface area contributed by atoms with E-state index in [2.05, 4.69) is 483 Å². The van der Waals surface area contributed by atoms with E-state index in [9.17, 15) is 0 Å². The molecule has 23 aromatic rings. The molecule has 6 aliphatic carbocycles. The third kappa shape index (κ3) is 10.3. The van der Waals surface area contributed by atoms with E-state index < -0.39 is 16.2 Å². The monoisotopic (exact) mass is 1710 g/mol. The highest BCUT2D eigenvalue weighted by Crippen LogP contribution is 2.68. The highest BCUT2D eigenvalue weighted by Gasteiger charge is 2.55. The Morgan fingerprint density at radius 3 is 0.881 bits per heavy atom. The second-order valence-corrected chi connectivity index (χ2v) is 37.3. The predicted molar refractivity (Wildman–Crippen MR) is 553 cm³/mol. The smallest absolute Gasteiger partial charge is 0.129 e. The molecule has 6 aliphatic rings. The summed E-state index contributed by atoms with van der Waals surface area (Å²) in [4.78, 5) is 2.36. The standard InChI is InChI=1S/C129H78N4S/c1-2-23-79(24-3-1)80-53-63-91(64-54-80)132(92-65-55-85(56-66-92)94-34-22-44-118-124(94)106-33-12-21-43-117(106)127(118)109-35-13-4-25-96(109)97-26-5-14-36-110(97)127)123-74-71-95(125-126(123)131-134-130-125)86-57-67-93(68-58-86)133-121-72-61-87(81-45-49-83(50-46-81)89-59-69-104-102-31-10-19-41-115(102)128(119(104)77-89)111-37-15-6-27-98(111)99-28-7-16-38-112(99)128)75-107(121)108-76-88(62-73-122(108)133)82-47-51-84(52-48-82)90-60-70-105-103-32-11-20-42-116(103)129(120(105)78-90)113-39-17-8-29-100(113)101-30-9-18-40-114(101)129/h1-78H. The van der Waals surface area contributed by atoms with Crippen molar-refractivity contribution in [2.24, 2.45) is 0 Å². The zero-order valence-electron chi connectivity index (χ0n) is 72.7. The van der Waals surface area contributed by atoms with Gasteiger partial charge in [-0.2, -0.15) is 8.75 Å². The summed E-state index contributed by atoms with van der Waals surface area (Å²) in [6.07, 6.45) is 0. The molecule has 21 aromatic carbocycles. The Balaban J connectivity index is 0.529. The fraction of sp³-hybridized carbons (Fsp3) is 0.0233. The van der Waals surface area contributed by atoms with Gasteiger partial charge in [0.2, 0.25) is 0 Å². The van der Waals surface area contributed by atoms with Gasteiger partial charge in [-0.05, 0) is 291 Å². The highest BCUT2D eigenvalue weighted by atomic mass is 32.1. The maximum Gasteiger partial charge on any atom is 0.129 e. The van der Waals surface area contributed by atoms with Gasteiger partial charge in [0.15, 0.2) is 0 Å². The van der Waals surface area contributed by atoms with Crippen LogP contribution < -0.4 is 4.90 Å². The third-order valence-corrected chi connectivity index (χ3v) is 31.2. The van der Waals surface area contributed by atoms with Gasteiger partial charge in [-0.1, -0.05) is 388 Å². The minimum Gasteiger partial charge on any atom is -0.309 e. The lowest BCUT2D eigenvalue weighted by Gasteiger charge is -2.30. The van der Waals surface area contributed by atoms with Gasteiger partial charge in [-0.3, -0.25) is 0 Å². The molecule has 0 saturated carbocycles. The third-order valence-electron chi connectivity index (χ3n) is 30.6. The Morgan fingerprint density at radius 2 is 0.463 bits per heavy atom. The Bertz CT molecular complexity index is 8450. The van der Waals surface area contributed by atoms with Crippen molar-refractivity contribution in [2.45, 2.75) is 16.2 Å². The highest BCUT2D eigenvalue weighted by molar-refractivity contribution is 7.00. The van der Waals surface area contributed by atoms with Gasteiger partial charge in [0, 0.05) is 33.4 Å². The van der Waals surface area contributed by atoms with Crippen molar-refractivity contribution in [3.05, 3.63) is 540 Å². The molecule has 29 rings (SSSR count). The van der Waals surface area contributed by atoms with Gasteiger partial charge < -0.3 is 9.47 Å². The average Bonchev–Trinajstić information content (AvgIpc) is 1.50. The van der Waals surface area contributed by atoms with Crippen LogP contribution in [0.25, 0.3) is 183 Å². The van der Waals surface area contributed by atoms with Crippen LogP contribution in [-0.2, 0) is 16.2 Å². The molecular weight excluding hydrogens is 1640 g/mol. The Kier molecular flexibility index (Phi) is 15.9. The molecule has 0 N–H and O–H groups in total. The van der Waals surface area contributed by atoms with E-state index in [1.807, 2.05) is 0 Å². The topological polar surface area (TPSA) is 34.0 Å². The predicted octanol–water partition coefficient (Wildman–Crippen LogP) is 33.0. The quantitative estimate of drug-likeness (QED) is 0.129. The largest absolute Gasteiger partial charge is 0.309 e. The molecule has 0 bridgehead atoms. The second kappa shape index (κ2) is 28.5. The second-order valence-electron chi connectivity index (χ2n) is 36.8. The van der Waals surface area contributed by atoms with Gasteiger partial charge in [0.1, 0.15) is 11.0 Å². The summed E-state index contributed by atoms with van der Waals surface area (Å²) in [5.41, 5.74) is 54.6. The first-order valence-corrected chi connectivity index (χ1v) is 47.2. The number of anilines is 3. The number of hydrogen-bond donors (Lipinski definition) is 0. The van der Waals surface area contributed by atoms with Crippen molar-refractivity contribution in [1.82, 2.24) is 13.3 Å². The molecule has 0 amide bonds. The van der Waals surface area contributed by atoms with Crippen LogP contribution in [0.5, 0.6) is 0 Å². The summed E-state index contributed by atoms with van der Waals surface area (Å²) < 4.78 is 12.9. The summed E-state index contributed by atoms with van der Waals surface area (Å²) in [7, 11) is 0. The van der Waals surface area contributed by atoms with Crippen LogP contribution in [0.4, 0.5) is 17.1 Å². The Morgan fingerprint density at radius 1 is 0.187 bits per heavy atom. The Labute approximate surface area is 780 Å². The van der Waals surface area contributed by atoms with Gasteiger partial charge in [-0.15, -0.1) is 0 Å². The first-order valence-electron chi connectivity index (χ1n) is 46.5. The van der Waals surface area contributed by atoms with E-state index in [1.54, 1.807) is 0 Å². The number of nitrogens with zero attached hydrogens (tertiary/aromatic N) is 4. The van der Waals surface area contributed by atoms with E-state index >= 15 is 0 Å². The molecule has 3 spiro atoms. The molecule has 620 valence electrons. The zero-order valence-corrected chi connectivity index (χ0v) is 73.5. The fourth-order valence-corrected chi connectivity index (χ4v) is 25.6. The number of rotatable bonds is 11. The van der Waals surface area contributed by atoms with E-state index in [-0.39, 0.29) is 0 Å². The van der Waals surface area contributed by atoms with Crippen molar-refractivity contribution >= 4 is 61.6 Å². The molecule has 0 atom stereocenters. The lowest BCUT2D eigenvalue weighted by Crippen LogP contribution is -2.25. The number of benzene rings is 21. The van der Waals surface area contributed by atoms with E-state index in [0.29, 0.717) is 0 Å². The first-order chi connectivity index (χ1) is 66.4. The molecule has 0 unspecified atom stereocenters. The summed E-state index contributed by atoms with van der Waals surface area (Å²) in [6, 6.07) is 178. The molecule has 0 aliphatic heterocycles. The van der Waals surface area contributed by atoms with Crippen LogP contribution in [0.1, 0.15) is 66.8 Å². The lowest BCUT2D eigenvalue weighted by molar-refractivity contribution is 0.794. The minimum absolute atomic E-state index is 0.422. The van der Waals surface area contributed by atoms with E-state index in [0.717, 1.165) is 89.3 Å². The van der Waals surface area contributed by atoms with Crippen molar-refractivity contribution in [3.8, 4) is 150 Å². The molecule has 0 saturated heterocycles. The van der Waals surface area contributed by atoms with Crippen molar-refractivity contribution in [1.29, 1.82) is 0 Å². The Hall–Kier alpha value is -17.0. The summed E-state index contributed by atoms with van der Waals surface area (Å²) >= 11 is 1.26. The molecule has 5 heteroatoms. The summed E-state index contributed by atoms with van der Waals surface area (Å²) in [5.74, 6) is 0. The average molecular weight is 1720 g/mol. The first kappa shape index (κ1) is 74.9. The number of hydrogen-bond acceptors (Lipinski definition) is 4.